The maximum absolute atomic E-state index is 13.8. The van der Waals surface area contributed by atoms with Crippen LogP contribution in [0.3, 0.4) is 0 Å². The molecule has 1 heterocycles. The van der Waals surface area contributed by atoms with Crippen LogP contribution >= 0.6 is 11.6 Å². The number of halogens is 4. The zero-order chi connectivity index (χ0) is 27.2. The summed E-state index contributed by atoms with van der Waals surface area (Å²) in [5.74, 6) is -0.832. The Hall–Kier alpha value is -3.13. The highest BCUT2D eigenvalue weighted by Gasteiger charge is 2.40. The van der Waals surface area contributed by atoms with Gasteiger partial charge in [-0.05, 0) is 55.6 Å². The minimum absolute atomic E-state index is 0.00951. The molecule has 2 aromatic carbocycles. The monoisotopic (exact) mass is 559 g/mol. The van der Waals surface area contributed by atoms with Crippen molar-refractivity contribution in [2.75, 3.05) is 31.5 Å². The first-order valence-electron chi connectivity index (χ1n) is 11.2. The summed E-state index contributed by atoms with van der Waals surface area (Å²) in [4.78, 5) is 14.3. The van der Waals surface area contributed by atoms with E-state index in [2.05, 4.69) is 15.1 Å². The predicted octanol–water partition coefficient (Wildman–Crippen LogP) is 4.78. The van der Waals surface area contributed by atoms with Crippen LogP contribution in [0.2, 0.25) is 5.02 Å². The summed E-state index contributed by atoms with van der Waals surface area (Å²) >= 11 is 5.80. The Morgan fingerprint density at radius 2 is 1.81 bits per heavy atom. The highest BCUT2D eigenvalue weighted by atomic mass is 35.5. The minimum atomic E-state index is -4.91. The molecule has 0 aliphatic carbocycles. The molecule has 1 aromatic heterocycles. The molecule has 0 saturated heterocycles. The molecule has 0 unspecified atom stereocenters. The van der Waals surface area contributed by atoms with E-state index in [4.69, 9.17) is 16.3 Å². The Morgan fingerprint density at radius 3 is 2.43 bits per heavy atom. The van der Waals surface area contributed by atoms with Crippen molar-refractivity contribution in [3.63, 3.8) is 0 Å². The number of ether oxygens (including phenoxy) is 1. The van der Waals surface area contributed by atoms with Gasteiger partial charge in [0, 0.05) is 23.8 Å². The van der Waals surface area contributed by atoms with Crippen molar-refractivity contribution in [1.82, 2.24) is 19.4 Å². The molecule has 200 valence electrons. The molecule has 2 N–H and O–H groups in total. The average Bonchev–Trinajstić information content (AvgIpc) is 3.26. The lowest BCUT2D eigenvalue weighted by atomic mass is 10.3. The number of amides is 1. The van der Waals surface area contributed by atoms with Crippen molar-refractivity contribution >= 4 is 33.4 Å². The van der Waals surface area contributed by atoms with Gasteiger partial charge in [0.2, 0.25) is 10.0 Å². The molecule has 0 spiro atoms. The molecule has 0 radical (unpaired) electrons. The number of sulfonamides is 1. The first-order chi connectivity index (χ1) is 17.4. The molecule has 37 heavy (non-hydrogen) atoms. The lowest BCUT2D eigenvalue weighted by Crippen LogP contribution is -2.34. The van der Waals surface area contributed by atoms with Crippen LogP contribution in [0, 0.1) is 0 Å². The van der Waals surface area contributed by atoms with Crippen molar-refractivity contribution in [2.45, 2.75) is 24.9 Å². The Balaban J connectivity index is 1.74. The summed E-state index contributed by atoms with van der Waals surface area (Å²) in [5, 5.41) is 6.27. The largest absolute Gasteiger partial charge is 0.437 e. The van der Waals surface area contributed by atoms with E-state index in [1.165, 1.54) is 48.5 Å². The number of rotatable bonds is 10. The quantitative estimate of drug-likeness (QED) is 0.370. The van der Waals surface area contributed by atoms with E-state index >= 15 is 0 Å². The number of hydrogen-bond donors (Lipinski definition) is 2. The number of carbonyl (C=O) groups excluding carboxylic acids is 1. The van der Waals surface area contributed by atoms with Crippen molar-refractivity contribution in [3.05, 3.63) is 65.4 Å². The smallest absolute Gasteiger partial charge is 0.406 e. The van der Waals surface area contributed by atoms with Crippen LogP contribution in [0.4, 0.5) is 23.7 Å². The van der Waals surface area contributed by atoms with Gasteiger partial charge in [-0.1, -0.05) is 31.5 Å². The Labute approximate surface area is 217 Å². The fourth-order valence-corrected chi connectivity index (χ4v) is 4.58. The van der Waals surface area contributed by atoms with Gasteiger partial charge in [-0.25, -0.2) is 22.6 Å². The molecule has 0 bridgehead atoms. The van der Waals surface area contributed by atoms with Crippen LogP contribution in [0.1, 0.15) is 19.5 Å². The van der Waals surface area contributed by atoms with Crippen molar-refractivity contribution in [2.24, 2.45) is 0 Å². The number of benzene rings is 2. The van der Waals surface area contributed by atoms with Crippen LogP contribution < -0.4 is 14.8 Å². The van der Waals surface area contributed by atoms with Gasteiger partial charge in [-0.2, -0.15) is 18.3 Å². The number of likely N-dealkylation sites (N-methyl/N-ethyl adjacent to an activating group) is 1. The Morgan fingerprint density at radius 1 is 1.14 bits per heavy atom. The third-order valence-electron chi connectivity index (χ3n) is 5.28. The summed E-state index contributed by atoms with van der Waals surface area (Å²) < 4.78 is 74.6. The number of nitrogens with one attached hydrogen (secondary N) is 2. The lowest BCUT2D eigenvalue weighted by Gasteiger charge is -2.18. The van der Waals surface area contributed by atoms with Crippen molar-refractivity contribution < 1.29 is 31.1 Å². The van der Waals surface area contributed by atoms with Gasteiger partial charge in [0.15, 0.2) is 11.4 Å². The fraction of sp³-hybridized carbons (Fsp3) is 0.304. The van der Waals surface area contributed by atoms with Crippen LogP contribution in [0.15, 0.2) is 59.6 Å². The van der Waals surface area contributed by atoms with Crippen molar-refractivity contribution in [3.8, 4) is 11.4 Å². The molecule has 9 nitrogen and oxygen atoms in total. The third kappa shape index (κ3) is 7.44. The maximum Gasteiger partial charge on any atom is 0.437 e. The highest BCUT2D eigenvalue weighted by Crippen LogP contribution is 2.38. The topological polar surface area (TPSA) is 106 Å². The first-order valence-corrected chi connectivity index (χ1v) is 13.0. The zero-order valence-corrected chi connectivity index (χ0v) is 21.5. The Bertz CT molecular complexity index is 1330. The molecule has 3 aromatic rings. The minimum Gasteiger partial charge on any atom is -0.406 e. The normalized spacial score (nSPS) is 12.1. The number of anilines is 1. The van der Waals surface area contributed by atoms with Gasteiger partial charge >= 0.3 is 12.3 Å². The van der Waals surface area contributed by atoms with Gasteiger partial charge in [-0.3, -0.25) is 5.32 Å². The van der Waals surface area contributed by atoms with E-state index in [0.717, 1.165) is 19.3 Å². The van der Waals surface area contributed by atoms with Crippen LogP contribution in [0.25, 0.3) is 5.69 Å². The summed E-state index contributed by atoms with van der Waals surface area (Å²) in [7, 11) is -3.89. The lowest BCUT2D eigenvalue weighted by molar-refractivity contribution is -0.143. The van der Waals surface area contributed by atoms with Crippen LogP contribution in [-0.4, -0.2) is 55.4 Å². The van der Waals surface area contributed by atoms with Crippen molar-refractivity contribution in [1.29, 1.82) is 0 Å². The molecule has 0 saturated carbocycles. The molecule has 14 heteroatoms. The first kappa shape index (κ1) is 28.4. The second-order valence-corrected chi connectivity index (χ2v) is 9.91. The highest BCUT2D eigenvalue weighted by molar-refractivity contribution is 7.89. The van der Waals surface area contributed by atoms with Gasteiger partial charge in [0.05, 0.1) is 16.8 Å². The van der Waals surface area contributed by atoms with Gasteiger partial charge in [0.25, 0.3) is 0 Å². The average molecular weight is 560 g/mol. The molecule has 0 atom stereocenters. The molecular weight excluding hydrogens is 535 g/mol. The molecule has 3 rings (SSSR count). The molecular formula is C23H25ClF3N5O4S. The summed E-state index contributed by atoms with van der Waals surface area (Å²) in [6.45, 7) is 6.17. The number of alkyl halides is 3. The van der Waals surface area contributed by atoms with Gasteiger partial charge < -0.3 is 9.64 Å². The molecule has 0 fully saturated rings. The standard InChI is InChI=1S/C23H25ClF3N5O4S/c1-3-31(4-2)13-12-29-37(34,35)19-7-5-6-17(14-19)30-22(33)36-20-15-28-32(21(20)23(25,26)27)18-10-8-16(24)9-11-18/h5-11,14-15,29H,3-4,12-13H2,1-2H3,(H,30,33). The summed E-state index contributed by atoms with van der Waals surface area (Å²) in [6.07, 6.45) is -5.40. The number of carbonyl (C=O) groups is 1. The van der Waals surface area contributed by atoms with E-state index in [9.17, 15) is 26.4 Å². The maximum atomic E-state index is 13.8. The fourth-order valence-electron chi connectivity index (χ4n) is 3.39. The number of aromatic nitrogens is 2. The second kappa shape index (κ2) is 11.9. The van der Waals surface area contributed by atoms with Crippen LogP contribution in [0.5, 0.6) is 5.75 Å². The summed E-state index contributed by atoms with van der Waals surface area (Å²) in [6, 6.07) is 10.7. The van der Waals surface area contributed by atoms with Gasteiger partial charge in [0.1, 0.15) is 0 Å². The zero-order valence-electron chi connectivity index (χ0n) is 19.9. The van der Waals surface area contributed by atoms with Gasteiger partial charge in [-0.15, -0.1) is 0 Å². The third-order valence-corrected chi connectivity index (χ3v) is 6.99. The number of nitrogens with zero attached hydrogens (tertiary/aromatic N) is 3. The van der Waals surface area contributed by atoms with Crippen LogP contribution in [-0.2, 0) is 16.2 Å². The summed E-state index contributed by atoms with van der Waals surface area (Å²) in [5.41, 5.74) is -1.24. The van der Waals surface area contributed by atoms with E-state index in [1.807, 2.05) is 18.7 Å². The van der Waals surface area contributed by atoms with E-state index in [0.29, 0.717) is 16.2 Å². The second-order valence-electron chi connectivity index (χ2n) is 7.71. The molecule has 1 amide bonds. The molecule has 0 aliphatic heterocycles. The Kier molecular flexibility index (Phi) is 9.18. The predicted molar refractivity (Wildman–Crippen MR) is 133 cm³/mol. The molecule has 0 aliphatic rings. The van der Waals surface area contributed by atoms with E-state index in [-0.39, 0.29) is 22.8 Å². The van der Waals surface area contributed by atoms with E-state index < -0.39 is 33.7 Å². The SMILES string of the molecule is CCN(CC)CCNS(=O)(=O)c1cccc(NC(=O)Oc2cnn(-c3ccc(Cl)cc3)c2C(F)(F)F)c1. The van der Waals surface area contributed by atoms with E-state index in [1.54, 1.807) is 0 Å². The number of hydrogen-bond acceptors (Lipinski definition) is 6.